The normalized spacial score (nSPS) is 18.9. The molecule has 0 unspecified atom stereocenters. The van der Waals surface area contributed by atoms with Crippen LogP contribution in [-0.2, 0) is 6.54 Å². The van der Waals surface area contributed by atoms with Crippen molar-refractivity contribution in [3.8, 4) is 0 Å². The van der Waals surface area contributed by atoms with E-state index in [0.717, 1.165) is 29.5 Å². The van der Waals surface area contributed by atoms with Gasteiger partial charge in [0.15, 0.2) is 5.16 Å². The molecular formula is C25H33N3S. The molecule has 1 aliphatic heterocycles. The van der Waals surface area contributed by atoms with Gasteiger partial charge >= 0.3 is 0 Å². The van der Waals surface area contributed by atoms with Crippen LogP contribution in [0, 0.1) is 0 Å². The monoisotopic (exact) mass is 407 g/mol. The molecule has 0 bridgehead atoms. The predicted octanol–water partition coefficient (Wildman–Crippen LogP) is 6.22. The van der Waals surface area contributed by atoms with Crippen LogP contribution >= 0.6 is 11.8 Å². The zero-order valence-electron chi connectivity index (χ0n) is 18.2. The summed E-state index contributed by atoms with van der Waals surface area (Å²) in [6.07, 6.45) is 3.90. The van der Waals surface area contributed by atoms with Crippen LogP contribution in [0.25, 0.3) is 11.0 Å². The first-order valence-corrected chi connectivity index (χ1v) is 11.8. The number of nitrogens with zero attached hydrogens (tertiary/aromatic N) is 3. The van der Waals surface area contributed by atoms with Crippen molar-refractivity contribution in [3.63, 3.8) is 0 Å². The van der Waals surface area contributed by atoms with Crippen LogP contribution in [0.4, 0.5) is 0 Å². The first kappa shape index (κ1) is 20.5. The largest absolute Gasteiger partial charge is 0.314 e. The van der Waals surface area contributed by atoms with Crippen LogP contribution in [0.3, 0.4) is 0 Å². The second-order valence-corrected chi connectivity index (χ2v) is 10.5. The van der Waals surface area contributed by atoms with Crippen LogP contribution in [0.2, 0.25) is 0 Å². The van der Waals surface area contributed by atoms with Crippen molar-refractivity contribution in [2.75, 3.05) is 12.3 Å². The third-order valence-electron chi connectivity index (χ3n) is 6.39. The molecule has 1 aromatic heterocycles. The summed E-state index contributed by atoms with van der Waals surface area (Å²) in [6, 6.07) is 19.2. The molecule has 1 fully saturated rings. The first-order valence-electron chi connectivity index (χ1n) is 10.8. The van der Waals surface area contributed by atoms with E-state index in [-0.39, 0.29) is 11.1 Å². The van der Waals surface area contributed by atoms with Crippen LogP contribution in [-0.4, -0.2) is 37.8 Å². The van der Waals surface area contributed by atoms with E-state index in [1.165, 1.54) is 30.3 Å². The maximum absolute atomic E-state index is 4.97. The third-order valence-corrected chi connectivity index (χ3v) is 7.34. The number of para-hydroxylation sites is 2. The number of likely N-dealkylation sites (tertiary alicyclic amines) is 1. The molecule has 4 heteroatoms. The molecule has 4 rings (SSSR count). The van der Waals surface area contributed by atoms with E-state index in [1.807, 2.05) is 11.8 Å². The minimum atomic E-state index is 0.270. The summed E-state index contributed by atoms with van der Waals surface area (Å²) < 4.78 is 2.38. The topological polar surface area (TPSA) is 21.1 Å². The van der Waals surface area contributed by atoms with E-state index in [2.05, 4.69) is 91.8 Å². The molecule has 1 saturated heterocycles. The van der Waals surface area contributed by atoms with Gasteiger partial charge in [0, 0.05) is 23.4 Å². The van der Waals surface area contributed by atoms with Crippen molar-refractivity contribution in [1.29, 1.82) is 0 Å². The lowest BCUT2D eigenvalue weighted by atomic mass is 9.80. The number of fused-ring (bicyclic) bond motifs is 1. The lowest BCUT2D eigenvalue weighted by Crippen LogP contribution is -2.59. The number of hydrogen-bond acceptors (Lipinski definition) is 3. The van der Waals surface area contributed by atoms with E-state index in [1.54, 1.807) is 0 Å². The van der Waals surface area contributed by atoms with E-state index in [0.29, 0.717) is 0 Å². The quantitative estimate of drug-likeness (QED) is 0.453. The zero-order valence-corrected chi connectivity index (χ0v) is 19.0. The Bertz CT molecular complexity index is 943. The number of rotatable bonds is 6. The highest BCUT2D eigenvalue weighted by molar-refractivity contribution is 7.99. The number of benzene rings is 2. The van der Waals surface area contributed by atoms with Gasteiger partial charge < -0.3 is 4.57 Å². The summed E-state index contributed by atoms with van der Waals surface area (Å²) in [6.45, 7) is 11.6. The molecule has 0 saturated carbocycles. The Morgan fingerprint density at radius 3 is 2.28 bits per heavy atom. The molecule has 2 aromatic carbocycles. The molecule has 1 aliphatic rings. The standard InChI is InChI=1S/C25H33N3S/c1-24(2)15-10-16-25(3,4)28(24)17-18-29-23-26-21-13-8-9-14-22(21)27(23)19-20-11-6-5-7-12-20/h5-9,11-14H,10,15-19H2,1-4H3. The predicted molar refractivity (Wildman–Crippen MR) is 125 cm³/mol. The highest BCUT2D eigenvalue weighted by atomic mass is 32.2. The molecule has 29 heavy (non-hydrogen) atoms. The van der Waals surface area contributed by atoms with Gasteiger partial charge in [0.05, 0.1) is 17.6 Å². The Morgan fingerprint density at radius 2 is 1.55 bits per heavy atom. The summed E-state index contributed by atoms with van der Waals surface area (Å²) in [5.41, 5.74) is 4.16. The number of piperidine rings is 1. The van der Waals surface area contributed by atoms with Gasteiger partial charge in [0.2, 0.25) is 0 Å². The smallest absolute Gasteiger partial charge is 0.169 e. The van der Waals surface area contributed by atoms with Crippen LogP contribution < -0.4 is 0 Å². The van der Waals surface area contributed by atoms with Gasteiger partial charge in [-0.25, -0.2) is 4.98 Å². The Balaban J connectivity index is 1.54. The molecule has 3 aromatic rings. The second kappa shape index (κ2) is 8.16. The Labute approximate surface area is 179 Å². The average molecular weight is 408 g/mol. The van der Waals surface area contributed by atoms with Crippen molar-refractivity contribution < 1.29 is 0 Å². The average Bonchev–Trinajstić information content (AvgIpc) is 3.02. The van der Waals surface area contributed by atoms with Gasteiger partial charge in [-0.15, -0.1) is 0 Å². The van der Waals surface area contributed by atoms with Gasteiger partial charge in [-0.3, -0.25) is 4.90 Å². The van der Waals surface area contributed by atoms with E-state index in [9.17, 15) is 0 Å². The fraction of sp³-hybridized carbons (Fsp3) is 0.480. The van der Waals surface area contributed by atoms with Gasteiger partial charge in [-0.1, -0.05) is 54.2 Å². The molecule has 0 radical (unpaired) electrons. The first-order chi connectivity index (χ1) is 13.9. The Hall–Kier alpha value is -1.78. The Morgan fingerprint density at radius 1 is 0.897 bits per heavy atom. The van der Waals surface area contributed by atoms with Crippen molar-refractivity contribution in [2.24, 2.45) is 0 Å². The summed E-state index contributed by atoms with van der Waals surface area (Å²) in [7, 11) is 0. The second-order valence-electron chi connectivity index (χ2n) is 9.43. The number of aromatic nitrogens is 2. The molecule has 0 atom stereocenters. The highest BCUT2D eigenvalue weighted by Gasteiger charge is 2.40. The van der Waals surface area contributed by atoms with E-state index < -0.39 is 0 Å². The minimum Gasteiger partial charge on any atom is -0.314 e. The molecule has 0 aliphatic carbocycles. The van der Waals surface area contributed by atoms with Crippen LogP contribution in [0.15, 0.2) is 59.8 Å². The molecule has 0 N–H and O–H groups in total. The van der Waals surface area contributed by atoms with Gasteiger partial charge in [0.25, 0.3) is 0 Å². The van der Waals surface area contributed by atoms with Crippen molar-refractivity contribution in [1.82, 2.24) is 14.5 Å². The van der Waals surface area contributed by atoms with Crippen LogP contribution in [0.1, 0.15) is 52.5 Å². The molecule has 0 amide bonds. The molecule has 154 valence electrons. The molecular weight excluding hydrogens is 374 g/mol. The fourth-order valence-electron chi connectivity index (χ4n) is 4.96. The summed E-state index contributed by atoms with van der Waals surface area (Å²) in [4.78, 5) is 7.69. The van der Waals surface area contributed by atoms with Crippen molar-refractivity contribution in [2.45, 2.75) is 69.7 Å². The molecule has 3 nitrogen and oxygen atoms in total. The molecule has 2 heterocycles. The summed E-state index contributed by atoms with van der Waals surface area (Å²) in [5, 5.41) is 1.13. The number of imidazole rings is 1. The SMILES string of the molecule is CC1(C)CCCC(C)(C)N1CCSc1nc2ccccc2n1Cc1ccccc1. The number of thioether (sulfide) groups is 1. The van der Waals surface area contributed by atoms with Crippen LogP contribution in [0.5, 0.6) is 0 Å². The maximum Gasteiger partial charge on any atom is 0.169 e. The lowest BCUT2D eigenvalue weighted by molar-refractivity contribution is -0.0209. The number of hydrogen-bond donors (Lipinski definition) is 0. The fourth-order valence-corrected chi connectivity index (χ4v) is 5.90. The van der Waals surface area contributed by atoms with Gasteiger partial charge in [-0.2, -0.15) is 0 Å². The van der Waals surface area contributed by atoms with Gasteiger partial charge in [0.1, 0.15) is 0 Å². The summed E-state index contributed by atoms with van der Waals surface area (Å²) in [5.74, 6) is 1.06. The van der Waals surface area contributed by atoms with E-state index in [4.69, 9.17) is 4.98 Å². The summed E-state index contributed by atoms with van der Waals surface area (Å²) >= 11 is 1.90. The third kappa shape index (κ3) is 4.39. The maximum atomic E-state index is 4.97. The lowest BCUT2D eigenvalue weighted by Gasteiger charge is -2.53. The minimum absolute atomic E-state index is 0.270. The van der Waals surface area contributed by atoms with Crippen molar-refractivity contribution >= 4 is 22.8 Å². The van der Waals surface area contributed by atoms with Crippen molar-refractivity contribution in [3.05, 3.63) is 60.2 Å². The molecule has 0 spiro atoms. The van der Waals surface area contributed by atoms with Gasteiger partial charge in [-0.05, 0) is 64.7 Å². The highest BCUT2D eigenvalue weighted by Crippen LogP contribution is 2.38. The Kier molecular flexibility index (Phi) is 5.76. The zero-order chi connectivity index (χ0) is 20.5. The van der Waals surface area contributed by atoms with E-state index >= 15 is 0 Å².